The Kier molecular flexibility index (Phi) is 7.28. The molecule has 0 aliphatic heterocycles. The van der Waals surface area contributed by atoms with Crippen molar-refractivity contribution in [3.63, 3.8) is 0 Å². The zero-order valence-electron chi connectivity index (χ0n) is 11.4. The van der Waals surface area contributed by atoms with Crippen molar-refractivity contribution in [1.29, 1.82) is 0 Å². The maximum atomic E-state index is 6.19. The lowest BCUT2D eigenvalue weighted by Crippen LogP contribution is -2.37. The third-order valence-corrected chi connectivity index (χ3v) is 3.13. The predicted octanol–water partition coefficient (Wildman–Crippen LogP) is 2.36. The van der Waals surface area contributed by atoms with E-state index < -0.39 is 0 Å². The number of benzene rings is 1. The fourth-order valence-corrected chi connectivity index (χ4v) is 1.95. The summed E-state index contributed by atoms with van der Waals surface area (Å²) >= 11 is 6.19. The van der Waals surface area contributed by atoms with Crippen LogP contribution < -0.4 is 10.6 Å². The van der Waals surface area contributed by atoms with Gasteiger partial charge in [0.15, 0.2) is 0 Å². The van der Waals surface area contributed by atoms with Gasteiger partial charge in [0.1, 0.15) is 0 Å². The third-order valence-electron chi connectivity index (χ3n) is 2.78. The summed E-state index contributed by atoms with van der Waals surface area (Å²) in [5.41, 5.74) is 2.34. The average molecular weight is 271 g/mol. The van der Waals surface area contributed by atoms with Gasteiger partial charge >= 0.3 is 0 Å². The van der Waals surface area contributed by atoms with Crippen molar-refractivity contribution in [2.75, 3.05) is 26.8 Å². The molecule has 0 bridgehead atoms. The monoisotopic (exact) mass is 270 g/mol. The van der Waals surface area contributed by atoms with Gasteiger partial charge in [-0.25, -0.2) is 0 Å². The van der Waals surface area contributed by atoms with E-state index in [4.69, 9.17) is 16.3 Å². The third kappa shape index (κ3) is 5.83. The molecule has 1 aromatic rings. The van der Waals surface area contributed by atoms with Gasteiger partial charge in [0.25, 0.3) is 0 Å². The minimum absolute atomic E-state index is 0.402. The van der Waals surface area contributed by atoms with Crippen LogP contribution in [-0.4, -0.2) is 32.8 Å². The van der Waals surface area contributed by atoms with Crippen molar-refractivity contribution < 1.29 is 4.74 Å². The summed E-state index contributed by atoms with van der Waals surface area (Å²) in [5.74, 6) is 0. The van der Waals surface area contributed by atoms with E-state index in [1.807, 2.05) is 13.0 Å². The first-order valence-electron chi connectivity index (χ1n) is 6.31. The SMILES string of the molecule is COCCNCC(C)NCc1ccc(C)cc1Cl. The lowest BCUT2D eigenvalue weighted by atomic mass is 10.1. The molecule has 0 saturated heterocycles. The van der Waals surface area contributed by atoms with E-state index in [9.17, 15) is 0 Å². The normalized spacial score (nSPS) is 12.7. The fraction of sp³-hybridized carbons (Fsp3) is 0.571. The topological polar surface area (TPSA) is 33.3 Å². The first kappa shape index (κ1) is 15.4. The Hall–Kier alpha value is -0.610. The van der Waals surface area contributed by atoms with Crippen molar-refractivity contribution in [3.05, 3.63) is 34.3 Å². The number of nitrogens with one attached hydrogen (secondary N) is 2. The maximum Gasteiger partial charge on any atom is 0.0587 e. The molecule has 0 aliphatic rings. The summed E-state index contributed by atoms with van der Waals surface area (Å²) in [5, 5.41) is 7.61. The molecule has 1 unspecified atom stereocenters. The number of aryl methyl sites for hydroxylation is 1. The molecule has 1 atom stereocenters. The van der Waals surface area contributed by atoms with Gasteiger partial charge in [-0.3, -0.25) is 0 Å². The Morgan fingerprint density at radius 3 is 2.83 bits per heavy atom. The van der Waals surface area contributed by atoms with Gasteiger partial charge in [-0.1, -0.05) is 23.7 Å². The summed E-state index contributed by atoms with van der Waals surface area (Å²) in [6.07, 6.45) is 0. The molecule has 3 nitrogen and oxygen atoms in total. The molecule has 0 heterocycles. The van der Waals surface area contributed by atoms with E-state index in [0.29, 0.717) is 6.04 Å². The lowest BCUT2D eigenvalue weighted by Gasteiger charge is -2.15. The fourth-order valence-electron chi connectivity index (χ4n) is 1.64. The molecule has 0 aromatic heterocycles. The molecule has 1 rings (SSSR count). The number of methoxy groups -OCH3 is 1. The molecule has 2 N–H and O–H groups in total. The average Bonchev–Trinajstić information content (AvgIpc) is 2.33. The molecular weight excluding hydrogens is 248 g/mol. The van der Waals surface area contributed by atoms with Crippen molar-refractivity contribution in [3.8, 4) is 0 Å². The molecule has 1 aromatic carbocycles. The second-order valence-electron chi connectivity index (χ2n) is 4.57. The van der Waals surface area contributed by atoms with Crippen molar-refractivity contribution in [1.82, 2.24) is 10.6 Å². The summed E-state index contributed by atoms with van der Waals surface area (Å²) in [6.45, 7) is 7.55. The maximum absolute atomic E-state index is 6.19. The molecule has 0 amide bonds. The molecule has 0 radical (unpaired) electrons. The van der Waals surface area contributed by atoms with Gasteiger partial charge < -0.3 is 15.4 Å². The molecular formula is C14H23ClN2O. The van der Waals surface area contributed by atoms with E-state index in [2.05, 4.69) is 29.7 Å². The van der Waals surface area contributed by atoms with Gasteiger partial charge in [0.05, 0.1) is 6.61 Å². The Labute approximate surface area is 115 Å². The molecule has 102 valence electrons. The second-order valence-corrected chi connectivity index (χ2v) is 4.98. The smallest absolute Gasteiger partial charge is 0.0587 e. The van der Waals surface area contributed by atoms with Crippen LogP contribution in [0.4, 0.5) is 0 Å². The number of ether oxygens (including phenoxy) is 1. The highest BCUT2D eigenvalue weighted by Crippen LogP contribution is 2.17. The molecule has 4 heteroatoms. The van der Waals surface area contributed by atoms with Gasteiger partial charge in [0.2, 0.25) is 0 Å². The zero-order valence-corrected chi connectivity index (χ0v) is 12.2. The van der Waals surface area contributed by atoms with Crippen LogP contribution in [0, 0.1) is 6.92 Å². The molecule has 0 spiro atoms. The number of hydrogen-bond acceptors (Lipinski definition) is 3. The molecule has 0 aliphatic carbocycles. The van der Waals surface area contributed by atoms with Crippen LogP contribution >= 0.6 is 11.6 Å². The second kappa shape index (κ2) is 8.48. The highest BCUT2D eigenvalue weighted by Gasteiger charge is 2.04. The van der Waals surface area contributed by atoms with Crippen molar-refractivity contribution in [2.45, 2.75) is 26.4 Å². The Morgan fingerprint density at radius 2 is 2.17 bits per heavy atom. The highest BCUT2D eigenvalue weighted by atomic mass is 35.5. The van der Waals surface area contributed by atoms with Crippen LogP contribution in [0.15, 0.2) is 18.2 Å². The highest BCUT2D eigenvalue weighted by molar-refractivity contribution is 6.31. The van der Waals surface area contributed by atoms with Gasteiger partial charge in [-0.15, -0.1) is 0 Å². The number of halogens is 1. The van der Waals surface area contributed by atoms with E-state index in [0.717, 1.165) is 36.8 Å². The minimum Gasteiger partial charge on any atom is -0.383 e. The quantitative estimate of drug-likeness (QED) is 0.712. The molecule has 0 saturated carbocycles. The van der Waals surface area contributed by atoms with Crippen LogP contribution in [0.3, 0.4) is 0 Å². The van der Waals surface area contributed by atoms with Gasteiger partial charge in [-0.05, 0) is 31.0 Å². The minimum atomic E-state index is 0.402. The first-order valence-corrected chi connectivity index (χ1v) is 6.69. The van der Waals surface area contributed by atoms with Crippen LogP contribution in [0.1, 0.15) is 18.1 Å². The Balaban J connectivity index is 2.27. The Bertz CT molecular complexity index is 358. The zero-order chi connectivity index (χ0) is 13.4. The van der Waals surface area contributed by atoms with Gasteiger partial charge in [0, 0.05) is 37.8 Å². The molecule has 18 heavy (non-hydrogen) atoms. The lowest BCUT2D eigenvalue weighted by molar-refractivity contribution is 0.198. The van der Waals surface area contributed by atoms with Crippen LogP contribution in [0.2, 0.25) is 5.02 Å². The summed E-state index contributed by atoms with van der Waals surface area (Å²) in [4.78, 5) is 0. The summed E-state index contributed by atoms with van der Waals surface area (Å²) in [7, 11) is 1.71. The van der Waals surface area contributed by atoms with E-state index in [1.54, 1.807) is 7.11 Å². The number of rotatable bonds is 8. The van der Waals surface area contributed by atoms with Gasteiger partial charge in [-0.2, -0.15) is 0 Å². The standard InChI is InChI=1S/C14H23ClN2O/c1-11-4-5-13(14(15)8-11)10-17-12(2)9-16-6-7-18-3/h4-5,8,12,16-17H,6-7,9-10H2,1-3H3. The van der Waals surface area contributed by atoms with Crippen LogP contribution in [0.25, 0.3) is 0 Å². The van der Waals surface area contributed by atoms with Crippen molar-refractivity contribution >= 4 is 11.6 Å². The van der Waals surface area contributed by atoms with E-state index >= 15 is 0 Å². The predicted molar refractivity (Wildman–Crippen MR) is 77.2 cm³/mol. The van der Waals surface area contributed by atoms with Crippen LogP contribution in [0.5, 0.6) is 0 Å². The Morgan fingerprint density at radius 1 is 1.39 bits per heavy atom. The van der Waals surface area contributed by atoms with E-state index in [-0.39, 0.29) is 0 Å². The van der Waals surface area contributed by atoms with Crippen molar-refractivity contribution in [2.24, 2.45) is 0 Å². The first-order chi connectivity index (χ1) is 8.63. The summed E-state index contributed by atoms with van der Waals surface area (Å²) in [6, 6.07) is 6.57. The number of hydrogen-bond donors (Lipinski definition) is 2. The largest absolute Gasteiger partial charge is 0.383 e. The molecule has 0 fully saturated rings. The summed E-state index contributed by atoms with van der Waals surface area (Å²) < 4.78 is 4.98. The van der Waals surface area contributed by atoms with E-state index in [1.165, 1.54) is 5.56 Å². The van der Waals surface area contributed by atoms with Crippen LogP contribution in [-0.2, 0) is 11.3 Å².